The lowest BCUT2D eigenvalue weighted by Gasteiger charge is -2.10. The van der Waals surface area contributed by atoms with Crippen molar-refractivity contribution in [3.05, 3.63) is 35.2 Å². The summed E-state index contributed by atoms with van der Waals surface area (Å²) in [6.07, 6.45) is 4.24. The van der Waals surface area contributed by atoms with Gasteiger partial charge in [-0.15, -0.1) is 0 Å². The average molecular weight is 265 g/mol. The van der Waals surface area contributed by atoms with Crippen LogP contribution in [-0.2, 0) is 0 Å². The molecule has 0 amide bonds. The van der Waals surface area contributed by atoms with Crippen molar-refractivity contribution in [1.82, 2.24) is 15.0 Å². The molecule has 0 aliphatic carbocycles. The van der Waals surface area contributed by atoms with Gasteiger partial charge in [0, 0.05) is 11.8 Å². The van der Waals surface area contributed by atoms with E-state index in [-0.39, 0.29) is 16.6 Å². The number of nitrogens with one attached hydrogen (secondary N) is 1. The number of hydrogen-bond acceptors (Lipinski definition) is 4. The minimum absolute atomic E-state index is 0.0304. The molecule has 1 N–H and O–H groups in total. The summed E-state index contributed by atoms with van der Waals surface area (Å²) >= 11 is 4.88. The molecule has 18 heavy (non-hydrogen) atoms. The van der Waals surface area contributed by atoms with Crippen molar-refractivity contribution < 1.29 is 9.13 Å². The van der Waals surface area contributed by atoms with E-state index in [1.54, 1.807) is 12.3 Å². The molecule has 2 aromatic heterocycles. The first-order chi connectivity index (χ1) is 8.56. The zero-order valence-corrected chi connectivity index (χ0v) is 10.8. The predicted molar refractivity (Wildman–Crippen MR) is 68.4 cm³/mol. The van der Waals surface area contributed by atoms with Crippen molar-refractivity contribution in [3.63, 3.8) is 0 Å². The summed E-state index contributed by atoms with van der Waals surface area (Å²) in [4.78, 5) is 10.4. The molecule has 0 fully saturated rings. The van der Waals surface area contributed by atoms with Crippen LogP contribution in [0.1, 0.15) is 13.8 Å². The minimum Gasteiger partial charge on any atom is -0.489 e. The number of aromatic nitrogens is 3. The Morgan fingerprint density at radius 1 is 1.33 bits per heavy atom. The molecule has 0 aromatic carbocycles. The highest BCUT2D eigenvalue weighted by atomic mass is 32.1. The topological polar surface area (TPSA) is 50.8 Å². The highest BCUT2D eigenvalue weighted by molar-refractivity contribution is 7.71. The van der Waals surface area contributed by atoms with Crippen molar-refractivity contribution in [1.29, 1.82) is 0 Å². The lowest BCUT2D eigenvalue weighted by molar-refractivity contribution is 0.241. The van der Waals surface area contributed by atoms with Gasteiger partial charge >= 0.3 is 0 Å². The number of aromatic amines is 1. The monoisotopic (exact) mass is 265 g/mol. The first-order valence-electron chi connectivity index (χ1n) is 5.43. The molecule has 0 aliphatic heterocycles. The molecular formula is C12H12FN3OS. The van der Waals surface area contributed by atoms with Crippen LogP contribution < -0.4 is 4.74 Å². The van der Waals surface area contributed by atoms with Crippen LogP contribution in [0.25, 0.3) is 11.3 Å². The summed E-state index contributed by atoms with van der Waals surface area (Å²) in [6, 6.07) is 1.71. The minimum atomic E-state index is -0.480. The SMILES string of the molecule is CC(C)Oc1cncc(-c2[nH]c(=S)ncc2F)c1. The third-order valence-electron chi connectivity index (χ3n) is 2.14. The molecule has 2 aromatic rings. The standard InChI is InChI=1S/C12H12FN3OS/c1-7(2)17-9-3-8(4-14-5-9)11-10(13)6-15-12(18)16-11/h3-7H,1-2H3,(H,15,16,18). The fraction of sp³-hybridized carbons (Fsp3) is 0.250. The summed E-state index contributed by atoms with van der Waals surface area (Å²) < 4.78 is 19.4. The van der Waals surface area contributed by atoms with Crippen LogP contribution in [0.3, 0.4) is 0 Å². The van der Waals surface area contributed by atoms with E-state index in [2.05, 4.69) is 15.0 Å². The lowest BCUT2D eigenvalue weighted by Crippen LogP contribution is -2.06. The van der Waals surface area contributed by atoms with Crippen LogP contribution in [0.4, 0.5) is 4.39 Å². The van der Waals surface area contributed by atoms with Crippen molar-refractivity contribution in [2.24, 2.45) is 0 Å². The van der Waals surface area contributed by atoms with Crippen LogP contribution in [0.5, 0.6) is 5.75 Å². The van der Waals surface area contributed by atoms with Gasteiger partial charge in [0.15, 0.2) is 10.6 Å². The molecule has 4 nitrogen and oxygen atoms in total. The second-order valence-corrected chi connectivity index (χ2v) is 4.37. The van der Waals surface area contributed by atoms with E-state index < -0.39 is 5.82 Å². The van der Waals surface area contributed by atoms with E-state index >= 15 is 0 Å². The number of halogens is 1. The molecule has 0 spiro atoms. The van der Waals surface area contributed by atoms with Crippen LogP contribution >= 0.6 is 12.2 Å². The molecule has 0 aliphatic rings. The van der Waals surface area contributed by atoms with E-state index in [0.29, 0.717) is 11.3 Å². The number of ether oxygens (including phenoxy) is 1. The van der Waals surface area contributed by atoms with Crippen molar-refractivity contribution >= 4 is 12.2 Å². The normalized spacial score (nSPS) is 10.7. The molecule has 0 bridgehead atoms. The van der Waals surface area contributed by atoms with E-state index in [4.69, 9.17) is 17.0 Å². The van der Waals surface area contributed by atoms with Gasteiger partial charge in [0.25, 0.3) is 0 Å². The van der Waals surface area contributed by atoms with Crippen molar-refractivity contribution in [2.45, 2.75) is 20.0 Å². The largest absolute Gasteiger partial charge is 0.489 e. The molecule has 0 unspecified atom stereocenters. The predicted octanol–water partition coefficient (Wildman–Crippen LogP) is 3.13. The maximum absolute atomic E-state index is 13.6. The number of rotatable bonds is 3. The Bertz CT molecular complexity index is 612. The number of pyridine rings is 1. The van der Waals surface area contributed by atoms with Crippen LogP contribution in [0.2, 0.25) is 0 Å². The second-order valence-electron chi connectivity index (χ2n) is 3.99. The number of H-pyrrole nitrogens is 1. The lowest BCUT2D eigenvalue weighted by atomic mass is 10.2. The van der Waals surface area contributed by atoms with Gasteiger partial charge in [-0.2, -0.15) is 0 Å². The van der Waals surface area contributed by atoms with Gasteiger partial charge in [-0.25, -0.2) is 9.37 Å². The summed E-state index contributed by atoms with van der Waals surface area (Å²) in [7, 11) is 0. The fourth-order valence-corrected chi connectivity index (χ4v) is 1.64. The highest BCUT2D eigenvalue weighted by Gasteiger charge is 2.08. The van der Waals surface area contributed by atoms with Crippen LogP contribution in [0, 0.1) is 10.6 Å². The third-order valence-corrected chi connectivity index (χ3v) is 2.35. The van der Waals surface area contributed by atoms with Crippen molar-refractivity contribution in [2.75, 3.05) is 0 Å². The Morgan fingerprint density at radius 2 is 2.11 bits per heavy atom. The third kappa shape index (κ3) is 2.89. The second kappa shape index (κ2) is 5.22. The molecule has 6 heteroatoms. The van der Waals surface area contributed by atoms with Gasteiger partial charge in [-0.05, 0) is 32.1 Å². The van der Waals surface area contributed by atoms with Gasteiger partial charge in [-0.3, -0.25) is 4.98 Å². The maximum Gasteiger partial charge on any atom is 0.197 e. The molecule has 94 valence electrons. The number of nitrogens with zero attached hydrogens (tertiary/aromatic N) is 2. The van der Waals surface area contributed by atoms with E-state index in [0.717, 1.165) is 6.20 Å². The van der Waals surface area contributed by atoms with Crippen LogP contribution in [-0.4, -0.2) is 21.1 Å². The summed E-state index contributed by atoms with van der Waals surface area (Å²) in [5.74, 6) is 0.102. The van der Waals surface area contributed by atoms with E-state index in [1.165, 1.54) is 6.20 Å². The van der Waals surface area contributed by atoms with Gasteiger partial charge in [0.05, 0.1) is 24.2 Å². The molecule has 2 rings (SSSR count). The summed E-state index contributed by atoms with van der Waals surface area (Å²) in [6.45, 7) is 3.82. The first-order valence-corrected chi connectivity index (χ1v) is 5.84. The number of hydrogen-bond donors (Lipinski definition) is 1. The smallest absolute Gasteiger partial charge is 0.197 e. The van der Waals surface area contributed by atoms with E-state index in [9.17, 15) is 4.39 Å². The Morgan fingerprint density at radius 3 is 2.83 bits per heavy atom. The first kappa shape index (κ1) is 12.6. The van der Waals surface area contributed by atoms with Gasteiger partial charge in [-0.1, -0.05) is 0 Å². The zero-order valence-electron chi connectivity index (χ0n) is 9.98. The quantitative estimate of drug-likeness (QED) is 0.866. The molecule has 0 atom stereocenters. The van der Waals surface area contributed by atoms with Gasteiger partial charge in [0.2, 0.25) is 0 Å². The van der Waals surface area contributed by atoms with Crippen LogP contribution in [0.15, 0.2) is 24.7 Å². The molecule has 0 saturated heterocycles. The Kier molecular flexibility index (Phi) is 3.66. The molecule has 0 radical (unpaired) electrons. The maximum atomic E-state index is 13.6. The summed E-state index contributed by atoms with van der Waals surface area (Å²) in [5, 5.41) is 0. The van der Waals surface area contributed by atoms with E-state index in [1.807, 2.05) is 13.8 Å². The average Bonchev–Trinajstić information content (AvgIpc) is 2.32. The molecular weight excluding hydrogens is 253 g/mol. The molecule has 0 saturated carbocycles. The van der Waals surface area contributed by atoms with Crippen molar-refractivity contribution in [3.8, 4) is 17.0 Å². The Labute approximate surface area is 109 Å². The summed E-state index contributed by atoms with van der Waals surface area (Å²) in [5.41, 5.74) is 0.829. The van der Waals surface area contributed by atoms with Gasteiger partial charge < -0.3 is 9.72 Å². The Balaban J connectivity index is 2.44. The highest BCUT2D eigenvalue weighted by Crippen LogP contribution is 2.23. The van der Waals surface area contributed by atoms with Gasteiger partial charge in [0.1, 0.15) is 5.75 Å². The fourth-order valence-electron chi connectivity index (χ4n) is 1.48. The zero-order chi connectivity index (χ0) is 13.1. The molecule has 2 heterocycles. The Hall–Kier alpha value is -1.82.